The van der Waals surface area contributed by atoms with E-state index in [4.69, 9.17) is 28.5 Å². The summed E-state index contributed by atoms with van der Waals surface area (Å²) in [6.07, 6.45) is 3.99. The summed E-state index contributed by atoms with van der Waals surface area (Å²) < 4.78 is 33.3. The summed E-state index contributed by atoms with van der Waals surface area (Å²) in [7, 11) is -0.342. The van der Waals surface area contributed by atoms with Gasteiger partial charge in [-0.1, -0.05) is 20.8 Å². The van der Waals surface area contributed by atoms with E-state index in [-0.39, 0.29) is 35.6 Å². The molecule has 10 nitrogen and oxygen atoms in total. The van der Waals surface area contributed by atoms with E-state index in [0.29, 0.717) is 24.6 Å². The first-order chi connectivity index (χ1) is 16.9. The van der Waals surface area contributed by atoms with Crippen molar-refractivity contribution in [3.05, 3.63) is 12.0 Å². The van der Waals surface area contributed by atoms with Crippen molar-refractivity contribution in [2.45, 2.75) is 108 Å². The van der Waals surface area contributed by atoms with Crippen LogP contribution in [0.25, 0.3) is 11.0 Å². The van der Waals surface area contributed by atoms with Gasteiger partial charge >= 0.3 is 0 Å². The summed E-state index contributed by atoms with van der Waals surface area (Å²) in [6.45, 7) is 16.5. The van der Waals surface area contributed by atoms with Crippen molar-refractivity contribution in [2.75, 3.05) is 20.3 Å². The standard InChI is InChI=1S/C25H41N5O5Si/c1-24(2,3)36(7,8)33-13-15-21-22(35-25(4,5)34-21)19(28-15)20-17-18(23(31-6)27-14-26-17)29-30(20)16-11-9-10-12-32-16/h14-16,19,21-22,28H,9-13H2,1-8H3/t15-,16?,19+,21+,22?/m1/s1. The third-order valence-corrected chi connectivity index (χ3v) is 12.6. The van der Waals surface area contributed by atoms with Crippen molar-refractivity contribution in [3.63, 3.8) is 0 Å². The highest BCUT2D eigenvalue weighted by Crippen LogP contribution is 2.45. The molecule has 200 valence electrons. The molecule has 3 aliphatic rings. The van der Waals surface area contributed by atoms with Gasteiger partial charge in [-0.25, -0.2) is 9.67 Å². The van der Waals surface area contributed by atoms with E-state index >= 15 is 0 Å². The largest absolute Gasteiger partial charge is 0.479 e. The van der Waals surface area contributed by atoms with E-state index in [2.05, 4.69) is 49.1 Å². The van der Waals surface area contributed by atoms with E-state index in [0.717, 1.165) is 30.5 Å². The average Bonchev–Trinajstić information content (AvgIpc) is 3.45. The summed E-state index contributed by atoms with van der Waals surface area (Å²) in [4.78, 5) is 8.95. The molecule has 3 aliphatic heterocycles. The highest BCUT2D eigenvalue weighted by atomic mass is 28.4. The van der Waals surface area contributed by atoms with Gasteiger partial charge in [0.15, 0.2) is 25.8 Å². The Morgan fingerprint density at radius 1 is 1.14 bits per heavy atom. The van der Waals surface area contributed by atoms with Crippen molar-refractivity contribution >= 4 is 19.4 Å². The minimum atomic E-state index is -1.95. The maximum atomic E-state index is 6.64. The maximum absolute atomic E-state index is 6.64. The predicted molar refractivity (Wildman–Crippen MR) is 137 cm³/mol. The molecular formula is C25H41N5O5Si. The molecule has 5 heterocycles. The van der Waals surface area contributed by atoms with Crippen LogP contribution in [0.2, 0.25) is 18.1 Å². The summed E-state index contributed by atoms with van der Waals surface area (Å²) >= 11 is 0. The molecule has 36 heavy (non-hydrogen) atoms. The molecule has 0 radical (unpaired) electrons. The van der Waals surface area contributed by atoms with Gasteiger partial charge in [0.05, 0.1) is 31.5 Å². The van der Waals surface area contributed by atoms with Crippen molar-refractivity contribution in [3.8, 4) is 5.88 Å². The van der Waals surface area contributed by atoms with Crippen LogP contribution >= 0.6 is 0 Å². The Bertz CT molecular complexity index is 1090. The second kappa shape index (κ2) is 9.28. The number of rotatable bonds is 6. The van der Waals surface area contributed by atoms with Crippen molar-refractivity contribution in [2.24, 2.45) is 0 Å². The van der Waals surface area contributed by atoms with Crippen LogP contribution in [0, 0.1) is 0 Å². The maximum Gasteiger partial charge on any atom is 0.245 e. The minimum absolute atomic E-state index is 0.0368. The van der Waals surface area contributed by atoms with Gasteiger partial charge in [-0.3, -0.25) is 5.32 Å². The van der Waals surface area contributed by atoms with Crippen LogP contribution in [0.5, 0.6) is 5.88 Å². The van der Waals surface area contributed by atoms with Gasteiger partial charge < -0.3 is 23.4 Å². The predicted octanol–water partition coefficient (Wildman–Crippen LogP) is 4.09. The second-order valence-corrected chi connectivity index (χ2v) is 16.9. The molecule has 0 amide bonds. The molecule has 5 atom stereocenters. The summed E-state index contributed by atoms with van der Waals surface area (Å²) in [5, 5.41) is 8.84. The van der Waals surface area contributed by atoms with Crippen LogP contribution in [-0.4, -0.2) is 72.4 Å². The average molecular weight is 520 g/mol. The Kier molecular flexibility index (Phi) is 6.70. The third-order valence-electron chi connectivity index (χ3n) is 8.11. The van der Waals surface area contributed by atoms with Crippen LogP contribution in [-0.2, 0) is 18.6 Å². The molecule has 11 heteroatoms. The number of ether oxygens (including phenoxy) is 4. The number of nitrogens with one attached hydrogen (secondary N) is 1. The molecule has 0 bridgehead atoms. The van der Waals surface area contributed by atoms with E-state index < -0.39 is 14.1 Å². The lowest BCUT2D eigenvalue weighted by Crippen LogP contribution is -2.47. The van der Waals surface area contributed by atoms with Crippen LogP contribution in [0.4, 0.5) is 0 Å². The molecule has 5 rings (SSSR count). The van der Waals surface area contributed by atoms with E-state index in [1.807, 2.05) is 18.5 Å². The number of hydrogen-bond acceptors (Lipinski definition) is 9. The van der Waals surface area contributed by atoms with Crippen molar-refractivity contribution < 1.29 is 23.4 Å². The number of hydrogen-bond donors (Lipinski definition) is 1. The van der Waals surface area contributed by atoms with E-state index in [9.17, 15) is 0 Å². The summed E-state index contributed by atoms with van der Waals surface area (Å²) in [5.41, 5.74) is 2.29. The van der Waals surface area contributed by atoms with E-state index in [1.54, 1.807) is 7.11 Å². The summed E-state index contributed by atoms with van der Waals surface area (Å²) in [5.74, 6) is -0.244. The van der Waals surface area contributed by atoms with Gasteiger partial charge in [0.25, 0.3) is 0 Å². The van der Waals surface area contributed by atoms with E-state index in [1.165, 1.54) is 6.33 Å². The highest BCUT2D eigenvalue weighted by molar-refractivity contribution is 6.74. The monoisotopic (exact) mass is 519 g/mol. The fourth-order valence-electron chi connectivity index (χ4n) is 5.18. The number of aromatic nitrogens is 4. The number of nitrogens with zero attached hydrogens (tertiary/aromatic N) is 4. The third kappa shape index (κ3) is 4.58. The first-order valence-corrected chi connectivity index (χ1v) is 16.0. The quantitative estimate of drug-likeness (QED) is 0.565. The highest BCUT2D eigenvalue weighted by Gasteiger charge is 2.56. The Hall–Kier alpha value is -1.63. The molecular weight excluding hydrogens is 478 g/mol. The normalized spacial score (nSPS) is 30.6. The first kappa shape index (κ1) is 26.0. The lowest BCUT2D eigenvalue weighted by molar-refractivity contribution is -0.158. The zero-order valence-electron chi connectivity index (χ0n) is 22.8. The molecule has 1 N–H and O–H groups in total. The molecule has 0 aliphatic carbocycles. The molecule has 2 unspecified atom stereocenters. The Morgan fingerprint density at radius 2 is 1.89 bits per heavy atom. The van der Waals surface area contributed by atoms with Gasteiger partial charge in [0.2, 0.25) is 5.88 Å². The van der Waals surface area contributed by atoms with Gasteiger partial charge in [-0.15, -0.1) is 0 Å². The molecule has 0 saturated carbocycles. The van der Waals surface area contributed by atoms with Crippen LogP contribution in [0.15, 0.2) is 6.33 Å². The second-order valence-electron chi connectivity index (χ2n) is 12.1. The van der Waals surface area contributed by atoms with Crippen LogP contribution in [0.3, 0.4) is 0 Å². The zero-order chi connectivity index (χ0) is 25.9. The van der Waals surface area contributed by atoms with Gasteiger partial charge in [-0.05, 0) is 51.2 Å². The Labute approximate surface area is 214 Å². The smallest absolute Gasteiger partial charge is 0.245 e. The lowest BCUT2D eigenvalue weighted by atomic mass is 10.0. The zero-order valence-corrected chi connectivity index (χ0v) is 23.8. The van der Waals surface area contributed by atoms with Gasteiger partial charge in [0.1, 0.15) is 24.1 Å². The molecule has 2 aromatic heterocycles. The fourth-order valence-corrected chi connectivity index (χ4v) is 6.21. The molecule has 3 saturated heterocycles. The van der Waals surface area contributed by atoms with Gasteiger partial charge in [0, 0.05) is 6.61 Å². The number of methoxy groups -OCH3 is 1. The topological polar surface area (TPSA) is 102 Å². The van der Waals surface area contributed by atoms with Gasteiger partial charge in [-0.2, -0.15) is 10.1 Å². The first-order valence-electron chi connectivity index (χ1n) is 13.1. The fraction of sp³-hybridized carbons (Fsp3) is 0.800. The SMILES string of the molecule is COc1ncnc2c([C@@H]3N[C@H](CO[Si](C)(C)C(C)(C)C)[C@@H]4OC(C)(C)OC43)n(C3CCCCO3)nc12. The number of fused-ring (bicyclic) bond motifs is 2. The minimum Gasteiger partial charge on any atom is -0.479 e. The Balaban J connectivity index is 1.54. The van der Waals surface area contributed by atoms with Crippen LogP contribution in [0.1, 0.15) is 71.8 Å². The van der Waals surface area contributed by atoms with Crippen molar-refractivity contribution in [1.29, 1.82) is 0 Å². The Morgan fingerprint density at radius 3 is 2.56 bits per heavy atom. The molecule has 0 spiro atoms. The molecule has 3 fully saturated rings. The summed E-state index contributed by atoms with van der Waals surface area (Å²) in [6, 6.07) is -0.245. The van der Waals surface area contributed by atoms with Crippen molar-refractivity contribution in [1.82, 2.24) is 25.1 Å². The lowest BCUT2D eigenvalue weighted by Gasteiger charge is -2.37. The molecule has 2 aromatic rings. The molecule has 0 aromatic carbocycles. The van der Waals surface area contributed by atoms with Crippen LogP contribution < -0.4 is 10.1 Å².